The predicted molar refractivity (Wildman–Crippen MR) is 121 cm³/mol. The average molecular weight is 399 g/mol. The largest absolute Gasteiger partial charge is 0.308 e. The van der Waals surface area contributed by atoms with Crippen molar-refractivity contribution in [3.63, 3.8) is 0 Å². The Morgan fingerprint density at radius 2 is 1.67 bits per heavy atom. The van der Waals surface area contributed by atoms with Gasteiger partial charge in [0.1, 0.15) is 5.52 Å². The first-order valence-electron chi connectivity index (χ1n) is 10.5. The molecule has 2 aromatic carbocycles. The first kappa shape index (κ1) is 18.9. The molecule has 0 N–H and O–H groups in total. The zero-order chi connectivity index (χ0) is 21.4. The molecular formula is C26H28N3O+. The van der Waals surface area contributed by atoms with Crippen LogP contribution < -0.4 is 4.57 Å². The number of rotatable bonds is 1. The highest BCUT2D eigenvalue weighted by Crippen LogP contribution is 2.33. The number of aryl methyl sites for hydroxylation is 4. The Labute approximate surface area is 176 Å². The van der Waals surface area contributed by atoms with E-state index in [0.717, 1.165) is 33.5 Å². The van der Waals surface area contributed by atoms with E-state index in [4.69, 9.17) is 9.51 Å². The summed E-state index contributed by atoms with van der Waals surface area (Å²) in [4.78, 5) is 5.17. The van der Waals surface area contributed by atoms with Crippen molar-refractivity contribution >= 4 is 22.2 Å². The van der Waals surface area contributed by atoms with E-state index in [9.17, 15) is 0 Å². The third kappa shape index (κ3) is 2.59. The molecule has 0 bridgehead atoms. The Morgan fingerprint density at radius 3 is 2.33 bits per heavy atom. The maximum atomic E-state index is 6.13. The molecule has 0 radical (unpaired) electrons. The molecular weight excluding hydrogens is 370 g/mol. The molecule has 0 fully saturated rings. The van der Waals surface area contributed by atoms with Gasteiger partial charge in [-0.15, -0.1) is 0 Å². The van der Waals surface area contributed by atoms with Gasteiger partial charge in [-0.3, -0.25) is 4.40 Å². The molecule has 5 aromatic rings. The van der Waals surface area contributed by atoms with Gasteiger partial charge in [-0.1, -0.05) is 45.0 Å². The number of benzene rings is 2. The quantitative estimate of drug-likeness (QED) is 0.324. The summed E-state index contributed by atoms with van der Waals surface area (Å²) in [5.74, 6) is 0. The van der Waals surface area contributed by atoms with Crippen molar-refractivity contribution in [1.82, 2.24) is 9.38 Å². The van der Waals surface area contributed by atoms with Gasteiger partial charge >= 0.3 is 5.52 Å². The van der Waals surface area contributed by atoms with Crippen LogP contribution in [0.3, 0.4) is 0 Å². The predicted octanol–water partition coefficient (Wildman–Crippen LogP) is 6.02. The van der Waals surface area contributed by atoms with Crippen LogP contribution in [-0.2, 0) is 5.41 Å². The minimum atomic E-state index is -0.0595. The SMILES string of the molecule is Cc1cc(C)c2c(c1)[n+]1occ(C(C)(C)C)c1c1nc(-c3c(C)cccc3C)cn12. The topological polar surface area (TPSA) is 34.5 Å². The zero-order valence-electron chi connectivity index (χ0n) is 18.8. The molecule has 0 atom stereocenters. The van der Waals surface area contributed by atoms with Crippen LogP contribution >= 0.6 is 0 Å². The molecule has 5 rings (SSSR count). The van der Waals surface area contributed by atoms with E-state index in [0.29, 0.717) is 0 Å². The second kappa shape index (κ2) is 6.18. The molecule has 152 valence electrons. The molecule has 0 aliphatic heterocycles. The lowest BCUT2D eigenvalue weighted by atomic mass is 9.88. The molecule has 30 heavy (non-hydrogen) atoms. The molecule has 0 spiro atoms. The Hall–Kier alpha value is -3.14. The number of hydrogen-bond acceptors (Lipinski definition) is 2. The van der Waals surface area contributed by atoms with E-state index < -0.39 is 0 Å². The fourth-order valence-corrected chi connectivity index (χ4v) is 4.71. The number of aromatic nitrogens is 3. The smallest absolute Gasteiger partial charge is 0.287 e. The average Bonchev–Trinajstić information content (AvgIpc) is 3.25. The maximum Gasteiger partial charge on any atom is 0.308 e. The van der Waals surface area contributed by atoms with Gasteiger partial charge in [0.25, 0.3) is 5.52 Å². The van der Waals surface area contributed by atoms with Crippen LogP contribution in [0, 0.1) is 27.7 Å². The van der Waals surface area contributed by atoms with Crippen LogP contribution in [-0.4, -0.2) is 9.38 Å². The highest BCUT2D eigenvalue weighted by atomic mass is 16.5. The fraction of sp³-hybridized carbons (Fsp3) is 0.308. The maximum absolute atomic E-state index is 6.13. The molecule has 0 saturated carbocycles. The molecule has 0 amide bonds. The minimum Gasteiger partial charge on any atom is -0.287 e. The van der Waals surface area contributed by atoms with Crippen molar-refractivity contribution in [2.45, 2.75) is 53.9 Å². The second-order valence-corrected chi connectivity index (χ2v) is 9.57. The molecule has 0 unspecified atom stereocenters. The van der Waals surface area contributed by atoms with Gasteiger partial charge in [0.2, 0.25) is 5.65 Å². The number of nitrogens with zero attached hydrogens (tertiary/aromatic N) is 3. The summed E-state index contributed by atoms with van der Waals surface area (Å²) in [6.45, 7) is 15.3. The molecule has 3 heterocycles. The summed E-state index contributed by atoms with van der Waals surface area (Å²) >= 11 is 0. The fourth-order valence-electron chi connectivity index (χ4n) is 4.71. The Balaban J connectivity index is 2.03. The monoisotopic (exact) mass is 398 g/mol. The lowest BCUT2D eigenvalue weighted by Gasteiger charge is -2.13. The van der Waals surface area contributed by atoms with Gasteiger partial charge in [-0.25, -0.2) is 9.51 Å². The van der Waals surface area contributed by atoms with Gasteiger partial charge in [-0.2, -0.15) is 0 Å². The summed E-state index contributed by atoms with van der Waals surface area (Å²) in [5, 5.41) is 0. The van der Waals surface area contributed by atoms with Gasteiger partial charge in [0.15, 0.2) is 6.26 Å². The Morgan fingerprint density at radius 1 is 0.967 bits per heavy atom. The number of hydrogen-bond donors (Lipinski definition) is 0. The van der Waals surface area contributed by atoms with E-state index in [1.807, 2.05) is 10.8 Å². The van der Waals surface area contributed by atoms with E-state index in [-0.39, 0.29) is 5.41 Å². The summed E-state index contributed by atoms with van der Waals surface area (Å²) in [7, 11) is 0. The van der Waals surface area contributed by atoms with E-state index in [1.54, 1.807) is 0 Å². The van der Waals surface area contributed by atoms with Gasteiger partial charge < -0.3 is 0 Å². The van der Waals surface area contributed by atoms with Crippen LogP contribution in [0.2, 0.25) is 0 Å². The lowest BCUT2D eigenvalue weighted by Crippen LogP contribution is -2.24. The summed E-state index contributed by atoms with van der Waals surface area (Å²) in [5.41, 5.74) is 12.4. The zero-order valence-corrected chi connectivity index (χ0v) is 18.8. The molecule has 3 aromatic heterocycles. The van der Waals surface area contributed by atoms with Crippen LogP contribution in [0.4, 0.5) is 0 Å². The summed E-state index contributed by atoms with van der Waals surface area (Å²) in [6, 6.07) is 10.8. The van der Waals surface area contributed by atoms with Crippen LogP contribution in [0.1, 0.15) is 48.6 Å². The standard InChI is InChI=1S/C26H28N3O/c1-15-11-18(4)23-21(12-15)29-24(19(14-30-29)26(5,6)7)25-27-20(13-28(23)25)22-16(2)9-8-10-17(22)3/h8-14H,1-7H3/q+1. The highest BCUT2D eigenvalue weighted by Gasteiger charge is 2.32. The minimum absolute atomic E-state index is 0.0595. The van der Waals surface area contributed by atoms with Gasteiger partial charge in [-0.05, 0) is 55.4 Å². The number of imidazole rings is 1. The Kier molecular flexibility index (Phi) is 3.88. The van der Waals surface area contributed by atoms with Crippen molar-refractivity contribution in [3.8, 4) is 11.3 Å². The lowest BCUT2D eigenvalue weighted by molar-refractivity contribution is -0.693. The van der Waals surface area contributed by atoms with Crippen LogP contribution in [0.5, 0.6) is 0 Å². The highest BCUT2D eigenvalue weighted by molar-refractivity contribution is 5.87. The van der Waals surface area contributed by atoms with E-state index in [2.05, 4.69) is 89.4 Å². The van der Waals surface area contributed by atoms with Gasteiger partial charge in [0, 0.05) is 22.4 Å². The molecule has 4 heteroatoms. The van der Waals surface area contributed by atoms with E-state index >= 15 is 0 Å². The first-order chi connectivity index (χ1) is 14.2. The van der Waals surface area contributed by atoms with Crippen LogP contribution in [0.25, 0.3) is 33.5 Å². The molecule has 0 saturated heterocycles. The summed E-state index contributed by atoms with van der Waals surface area (Å²) < 4.78 is 10.4. The van der Waals surface area contributed by atoms with Crippen LogP contribution in [0.15, 0.2) is 47.3 Å². The third-order valence-electron chi connectivity index (χ3n) is 6.08. The molecule has 4 nitrogen and oxygen atoms in total. The first-order valence-corrected chi connectivity index (χ1v) is 10.5. The normalized spacial score (nSPS) is 12.5. The summed E-state index contributed by atoms with van der Waals surface area (Å²) in [6.07, 6.45) is 4.08. The van der Waals surface area contributed by atoms with Crippen molar-refractivity contribution in [2.75, 3.05) is 0 Å². The van der Waals surface area contributed by atoms with Crippen molar-refractivity contribution in [2.24, 2.45) is 0 Å². The second-order valence-electron chi connectivity index (χ2n) is 9.57. The van der Waals surface area contributed by atoms with Crippen molar-refractivity contribution in [3.05, 3.63) is 70.6 Å². The molecule has 0 aliphatic rings. The van der Waals surface area contributed by atoms with Gasteiger partial charge in [0.05, 0.1) is 11.3 Å². The third-order valence-corrected chi connectivity index (χ3v) is 6.08. The molecule has 0 aliphatic carbocycles. The van der Waals surface area contributed by atoms with Crippen molar-refractivity contribution < 1.29 is 9.10 Å². The van der Waals surface area contributed by atoms with Crippen molar-refractivity contribution in [1.29, 1.82) is 0 Å². The number of fused-ring (bicyclic) bond motifs is 6. The Bertz CT molecular complexity index is 1440. The van der Waals surface area contributed by atoms with E-state index in [1.165, 1.54) is 27.8 Å².